The van der Waals surface area contributed by atoms with E-state index in [2.05, 4.69) is 13.8 Å². The average molecular weight is 512 g/mol. The molecule has 1 unspecified atom stereocenters. The second-order valence-electron chi connectivity index (χ2n) is 9.46. The minimum atomic E-state index is -0.667. The molecule has 3 aromatic carbocycles. The lowest BCUT2D eigenvalue weighted by atomic mass is 9.97. The van der Waals surface area contributed by atoms with Crippen molar-refractivity contribution in [2.24, 2.45) is 0 Å². The van der Waals surface area contributed by atoms with Crippen molar-refractivity contribution in [3.8, 4) is 11.5 Å². The van der Waals surface area contributed by atoms with Crippen LogP contribution in [0.3, 0.4) is 0 Å². The van der Waals surface area contributed by atoms with Crippen LogP contribution in [0.25, 0.3) is 11.0 Å². The van der Waals surface area contributed by atoms with Gasteiger partial charge in [-0.15, -0.1) is 0 Å². The van der Waals surface area contributed by atoms with Crippen LogP contribution < -0.4 is 19.8 Å². The number of unbranched alkanes of at least 4 members (excludes halogenated alkanes) is 2. The molecule has 6 heteroatoms. The standard InChI is InChI=1S/C32H33NO5/c1-4-7-10-19-37-26-18-15-22(20-27(26)36-6-3)29-28-30(34)24-11-8-9-12-25(24)38-31(28)32(35)33(29)23-16-13-21(5-2)14-17-23/h8-9,11-18,20,29H,4-7,10,19H2,1-3H3. The lowest BCUT2D eigenvalue weighted by Crippen LogP contribution is -2.29. The maximum Gasteiger partial charge on any atom is 0.295 e. The zero-order valence-electron chi connectivity index (χ0n) is 22.2. The number of carbonyl (C=O) groups excluding carboxylic acids is 1. The Labute approximate surface area is 222 Å². The Bertz CT molecular complexity index is 1510. The number of anilines is 1. The Kier molecular flexibility index (Phi) is 7.50. The number of nitrogens with zero attached hydrogens (tertiary/aromatic N) is 1. The smallest absolute Gasteiger partial charge is 0.295 e. The molecule has 1 atom stereocenters. The van der Waals surface area contributed by atoms with Crippen LogP contribution in [-0.4, -0.2) is 19.1 Å². The quantitative estimate of drug-likeness (QED) is 0.213. The first-order valence-electron chi connectivity index (χ1n) is 13.4. The van der Waals surface area contributed by atoms with Crippen molar-refractivity contribution in [1.29, 1.82) is 0 Å². The fourth-order valence-corrected chi connectivity index (χ4v) is 5.01. The van der Waals surface area contributed by atoms with Crippen molar-refractivity contribution >= 4 is 22.6 Å². The van der Waals surface area contributed by atoms with E-state index in [9.17, 15) is 9.59 Å². The minimum Gasteiger partial charge on any atom is -0.490 e. The van der Waals surface area contributed by atoms with Crippen molar-refractivity contribution in [2.45, 2.75) is 52.5 Å². The molecule has 6 nitrogen and oxygen atoms in total. The molecule has 1 aliphatic rings. The summed E-state index contributed by atoms with van der Waals surface area (Å²) in [6.07, 6.45) is 4.06. The Hall–Kier alpha value is -4.06. The number of aryl methyl sites for hydroxylation is 1. The van der Waals surface area contributed by atoms with Gasteiger partial charge in [-0.3, -0.25) is 14.5 Å². The van der Waals surface area contributed by atoms with Crippen LogP contribution in [0.5, 0.6) is 11.5 Å². The summed E-state index contributed by atoms with van der Waals surface area (Å²) in [7, 11) is 0. The third kappa shape index (κ3) is 4.67. The lowest BCUT2D eigenvalue weighted by molar-refractivity contribution is 0.0971. The molecule has 0 bridgehead atoms. The molecule has 0 fully saturated rings. The van der Waals surface area contributed by atoms with Gasteiger partial charge < -0.3 is 13.9 Å². The van der Waals surface area contributed by atoms with Gasteiger partial charge in [0.05, 0.1) is 30.2 Å². The number of carbonyl (C=O) groups is 1. The molecule has 4 aromatic rings. The van der Waals surface area contributed by atoms with Gasteiger partial charge in [0.1, 0.15) is 5.58 Å². The van der Waals surface area contributed by atoms with Gasteiger partial charge in [-0.05, 0) is 67.3 Å². The number of amides is 1. The van der Waals surface area contributed by atoms with E-state index >= 15 is 0 Å². The summed E-state index contributed by atoms with van der Waals surface area (Å²) in [6, 6.07) is 19.9. The number of fused-ring (bicyclic) bond motifs is 2. The number of hydrogen-bond acceptors (Lipinski definition) is 5. The van der Waals surface area contributed by atoms with Crippen molar-refractivity contribution in [3.05, 3.63) is 99.4 Å². The Balaban J connectivity index is 1.66. The zero-order chi connectivity index (χ0) is 26.6. The predicted molar refractivity (Wildman–Crippen MR) is 150 cm³/mol. The van der Waals surface area contributed by atoms with Gasteiger partial charge in [-0.1, -0.05) is 57.0 Å². The van der Waals surface area contributed by atoms with Gasteiger partial charge in [0.2, 0.25) is 5.76 Å². The third-order valence-electron chi connectivity index (χ3n) is 6.99. The molecule has 2 heterocycles. The van der Waals surface area contributed by atoms with E-state index in [1.54, 1.807) is 29.2 Å². The monoisotopic (exact) mass is 511 g/mol. The first-order chi connectivity index (χ1) is 18.6. The number of ether oxygens (including phenoxy) is 2. The largest absolute Gasteiger partial charge is 0.490 e. The predicted octanol–water partition coefficient (Wildman–Crippen LogP) is 7.07. The molecule has 0 saturated carbocycles. The summed E-state index contributed by atoms with van der Waals surface area (Å²) < 4.78 is 18.1. The minimum absolute atomic E-state index is 0.0797. The molecular formula is C32H33NO5. The molecule has 0 radical (unpaired) electrons. The first kappa shape index (κ1) is 25.6. The molecule has 196 valence electrons. The molecular weight excluding hydrogens is 478 g/mol. The van der Waals surface area contributed by atoms with Crippen molar-refractivity contribution in [3.63, 3.8) is 0 Å². The van der Waals surface area contributed by atoms with Gasteiger partial charge in [-0.2, -0.15) is 0 Å². The van der Waals surface area contributed by atoms with Gasteiger partial charge in [0.25, 0.3) is 5.91 Å². The molecule has 1 amide bonds. The fourth-order valence-electron chi connectivity index (χ4n) is 5.01. The number of para-hydroxylation sites is 1. The van der Waals surface area contributed by atoms with E-state index in [1.165, 1.54) is 0 Å². The lowest BCUT2D eigenvalue weighted by Gasteiger charge is -2.26. The highest BCUT2D eigenvalue weighted by Gasteiger charge is 2.44. The van der Waals surface area contributed by atoms with Gasteiger partial charge in [0, 0.05) is 5.69 Å². The number of benzene rings is 3. The third-order valence-corrected chi connectivity index (χ3v) is 6.99. The van der Waals surface area contributed by atoms with Gasteiger partial charge in [0.15, 0.2) is 16.9 Å². The van der Waals surface area contributed by atoms with Crippen LogP contribution >= 0.6 is 0 Å². The summed E-state index contributed by atoms with van der Waals surface area (Å²) in [5, 5.41) is 0.452. The average Bonchev–Trinajstić information content (AvgIpc) is 3.24. The molecule has 0 spiro atoms. The van der Waals surface area contributed by atoms with Crippen LogP contribution in [0.15, 0.2) is 75.9 Å². The van der Waals surface area contributed by atoms with Crippen LogP contribution in [0, 0.1) is 0 Å². The van der Waals surface area contributed by atoms with Crippen LogP contribution in [0.1, 0.15) is 73.3 Å². The molecule has 38 heavy (non-hydrogen) atoms. The van der Waals surface area contributed by atoms with E-state index < -0.39 is 6.04 Å². The molecule has 1 aromatic heterocycles. The SMILES string of the molecule is CCCCCOc1ccc(C2c3c(oc4ccccc4c3=O)C(=O)N2c2ccc(CC)cc2)cc1OCC. The molecule has 0 aliphatic carbocycles. The van der Waals surface area contributed by atoms with E-state index in [0.717, 1.165) is 36.8 Å². The normalized spacial score (nSPS) is 14.7. The zero-order valence-corrected chi connectivity index (χ0v) is 22.2. The molecule has 0 saturated heterocycles. The summed E-state index contributed by atoms with van der Waals surface area (Å²) in [6.45, 7) is 7.23. The fraction of sp³-hybridized carbons (Fsp3) is 0.312. The summed E-state index contributed by atoms with van der Waals surface area (Å²) >= 11 is 0. The Morgan fingerprint density at radius 2 is 1.66 bits per heavy atom. The van der Waals surface area contributed by atoms with E-state index in [4.69, 9.17) is 13.9 Å². The van der Waals surface area contributed by atoms with E-state index in [-0.39, 0.29) is 17.1 Å². The van der Waals surface area contributed by atoms with Gasteiger partial charge >= 0.3 is 0 Å². The molecule has 1 aliphatic heterocycles. The highest BCUT2D eigenvalue weighted by atomic mass is 16.5. The molecule has 5 rings (SSSR count). The van der Waals surface area contributed by atoms with Crippen molar-refractivity contribution in [2.75, 3.05) is 18.1 Å². The Morgan fingerprint density at radius 1 is 0.868 bits per heavy atom. The topological polar surface area (TPSA) is 69.0 Å². The maximum atomic E-state index is 13.8. The summed E-state index contributed by atoms with van der Waals surface area (Å²) in [5.74, 6) is 0.987. The Morgan fingerprint density at radius 3 is 2.39 bits per heavy atom. The second-order valence-corrected chi connectivity index (χ2v) is 9.46. The first-order valence-corrected chi connectivity index (χ1v) is 13.4. The highest BCUT2D eigenvalue weighted by Crippen LogP contribution is 2.43. The van der Waals surface area contributed by atoms with Crippen LogP contribution in [0.4, 0.5) is 5.69 Å². The number of hydrogen-bond donors (Lipinski definition) is 0. The van der Waals surface area contributed by atoms with Gasteiger partial charge in [-0.25, -0.2) is 0 Å². The summed E-state index contributed by atoms with van der Waals surface area (Å²) in [5.41, 5.74) is 3.15. The van der Waals surface area contributed by atoms with Crippen LogP contribution in [-0.2, 0) is 6.42 Å². The number of rotatable bonds is 10. The second kappa shape index (κ2) is 11.1. The van der Waals surface area contributed by atoms with E-state index in [1.807, 2.05) is 49.4 Å². The molecule has 0 N–H and O–H groups in total. The maximum absolute atomic E-state index is 13.8. The van der Waals surface area contributed by atoms with Crippen molar-refractivity contribution < 1.29 is 18.7 Å². The van der Waals surface area contributed by atoms with Crippen molar-refractivity contribution in [1.82, 2.24) is 0 Å². The summed E-state index contributed by atoms with van der Waals surface area (Å²) in [4.78, 5) is 29.3. The van der Waals surface area contributed by atoms with E-state index in [0.29, 0.717) is 46.9 Å². The van der Waals surface area contributed by atoms with Crippen LogP contribution in [0.2, 0.25) is 0 Å². The highest BCUT2D eigenvalue weighted by molar-refractivity contribution is 6.10.